The van der Waals surface area contributed by atoms with Crippen molar-refractivity contribution in [1.29, 1.82) is 0 Å². The second kappa shape index (κ2) is 11.9. The molecule has 1 N–H and O–H groups in total. The van der Waals surface area contributed by atoms with Crippen LogP contribution < -0.4 is 10.1 Å². The summed E-state index contributed by atoms with van der Waals surface area (Å²) in [6.07, 6.45) is 2.75. The van der Waals surface area contributed by atoms with Crippen molar-refractivity contribution in [3.63, 3.8) is 0 Å². The van der Waals surface area contributed by atoms with Crippen LogP contribution in [-0.2, 0) is 27.2 Å². The summed E-state index contributed by atoms with van der Waals surface area (Å²) < 4.78 is 17.6. The number of piperazine rings is 1. The van der Waals surface area contributed by atoms with E-state index in [1.165, 1.54) is 11.1 Å². The van der Waals surface area contributed by atoms with Gasteiger partial charge in [0.25, 0.3) is 5.91 Å². The highest BCUT2D eigenvalue weighted by Crippen LogP contribution is 2.26. The molecule has 2 amide bonds. The van der Waals surface area contributed by atoms with Crippen molar-refractivity contribution >= 4 is 11.8 Å². The molecule has 0 radical (unpaired) electrons. The van der Waals surface area contributed by atoms with Gasteiger partial charge in [-0.05, 0) is 47.7 Å². The second-order valence-corrected chi connectivity index (χ2v) is 9.67. The third-order valence-corrected chi connectivity index (χ3v) is 7.12. The van der Waals surface area contributed by atoms with E-state index in [9.17, 15) is 9.59 Å². The molecule has 5 rings (SSSR count). The lowest BCUT2D eigenvalue weighted by Crippen LogP contribution is -2.49. The van der Waals surface area contributed by atoms with E-state index in [0.717, 1.165) is 50.5 Å². The average molecular weight is 494 g/mol. The van der Waals surface area contributed by atoms with Crippen LogP contribution >= 0.6 is 0 Å². The Bertz CT molecular complexity index is 1070. The van der Waals surface area contributed by atoms with E-state index in [1.807, 2.05) is 12.1 Å². The first-order chi connectivity index (χ1) is 17.7. The lowest BCUT2D eigenvalue weighted by atomic mass is 9.99. The standard InChI is InChI=1S/C28H35N3O5/c32-27-20-31(9-8-29-27)28(33)23-4-5-26-24(18-23)17-21-2-1-3-22(16-21)19-30(10-13-35-14-15-36-26)25-6-11-34-12-7-25/h1-5,16,18,25H,6-15,17,19-20H2,(H,29,32). The molecule has 0 aromatic heterocycles. The zero-order valence-corrected chi connectivity index (χ0v) is 20.7. The Hall–Kier alpha value is -2.94. The molecule has 2 aromatic rings. The van der Waals surface area contributed by atoms with Crippen LogP contribution in [0.15, 0.2) is 42.5 Å². The fourth-order valence-corrected chi connectivity index (χ4v) is 5.21. The molecule has 0 atom stereocenters. The SMILES string of the molecule is O=C1CN(C(=O)c2ccc3c(c2)Cc2cccc(c2)CN(C2CCOCC2)CCOCCO3)CCN1. The van der Waals surface area contributed by atoms with Gasteiger partial charge in [-0.15, -0.1) is 0 Å². The van der Waals surface area contributed by atoms with E-state index < -0.39 is 0 Å². The van der Waals surface area contributed by atoms with E-state index >= 15 is 0 Å². The van der Waals surface area contributed by atoms with Gasteiger partial charge < -0.3 is 24.4 Å². The van der Waals surface area contributed by atoms with Crippen LogP contribution in [0, 0.1) is 0 Å². The molecule has 2 saturated heterocycles. The highest BCUT2D eigenvalue weighted by molar-refractivity contribution is 5.97. The molecule has 36 heavy (non-hydrogen) atoms. The number of nitrogens with zero attached hydrogens (tertiary/aromatic N) is 2. The van der Waals surface area contributed by atoms with Crippen LogP contribution in [-0.4, -0.2) is 86.9 Å². The van der Waals surface area contributed by atoms with Gasteiger partial charge in [-0.3, -0.25) is 14.5 Å². The first kappa shape index (κ1) is 24.7. The Balaban J connectivity index is 1.39. The molecule has 2 fully saturated rings. The zero-order valence-electron chi connectivity index (χ0n) is 20.7. The van der Waals surface area contributed by atoms with Crippen LogP contribution in [0.1, 0.15) is 39.9 Å². The van der Waals surface area contributed by atoms with Gasteiger partial charge in [0.15, 0.2) is 0 Å². The molecule has 3 heterocycles. The Labute approximate surface area is 212 Å². The molecule has 2 bridgehead atoms. The smallest absolute Gasteiger partial charge is 0.254 e. The van der Waals surface area contributed by atoms with Crippen molar-refractivity contribution in [1.82, 2.24) is 15.1 Å². The predicted molar refractivity (Wildman–Crippen MR) is 135 cm³/mol. The van der Waals surface area contributed by atoms with Crippen LogP contribution in [0.4, 0.5) is 0 Å². The number of benzene rings is 2. The van der Waals surface area contributed by atoms with Gasteiger partial charge in [0.2, 0.25) is 5.91 Å². The number of amides is 2. The maximum absolute atomic E-state index is 13.1. The number of carbonyl (C=O) groups excluding carboxylic acids is 2. The summed E-state index contributed by atoms with van der Waals surface area (Å²) in [6.45, 7) is 6.09. The van der Waals surface area contributed by atoms with Gasteiger partial charge in [0.1, 0.15) is 12.4 Å². The summed E-state index contributed by atoms with van der Waals surface area (Å²) in [5, 5.41) is 2.77. The molecular weight excluding hydrogens is 458 g/mol. The van der Waals surface area contributed by atoms with Gasteiger partial charge in [-0.25, -0.2) is 0 Å². The minimum Gasteiger partial charge on any atom is -0.491 e. The number of hydrogen-bond donors (Lipinski definition) is 1. The summed E-state index contributed by atoms with van der Waals surface area (Å²) in [4.78, 5) is 29.0. The minimum absolute atomic E-state index is 0.0927. The second-order valence-electron chi connectivity index (χ2n) is 9.67. The summed E-state index contributed by atoms with van der Waals surface area (Å²) in [5.74, 6) is 0.511. The normalized spacial score (nSPS) is 20.6. The molecule has 8 nitrogen and oxygen atoms in total. The Morgan fingerprint density at radius 2 is 1.72 bits per heavy atom. The maximum Gasteiger partial charge on any atom is 0.254 e. The molecule has 0 aliphatic carbocycles. The largest absolute Gasteiger partial charge is 0.491 e. The summed E-state index contributed by atoms with van der Waals surface area (Å²) in [5.41, 5.74) is 3.98. The van der Waals surface area contributed by atoms with Crippen molar-refractivity contribution in [2.45, 2.75) is 31.8 Å². The van der Waals surface area contributed by atoms with Crippen molar-refractivity contribution in [3.8, 4) is 5.75 Å². The van der Waals surface area contributed by atoms with E-state index in [1.54, 1.807) is 11.0 Å². The minimum atomic E-state index is -0.128. The molecule has 2 aromatic carbocycles. The molecule has 192 valence electrons. The molecule has 0 unspecified atom stereocenters. The van der Waals surface area contributed by atoms with Crippen molar-refractivity contribution in [3.05, 3.63) is 64.7 Å². The first-order valence-corrected chi connectivity index (χ1v) is 12.9. The fourth-order valence-electron chi connectivity index (χ4n) is 5.21. The van der Waals surface area contributed by atoms with Crippen molar-refractivity contribution in [2.24, 2.45) is 0 Å². The Morgan fingerprint density at radius 1 is 0.889 bits per heavy atom. The van der Waals surface area contributed by atoms with E-state index in [-0.39, 0.29) is 18.4 Å². The molecule has 8 heteroatoms. The monoisotopic (exact) mass is 493 g/mol. The van der Waals surface area contributed by atoms with E-state index in [0.29, 0.717) is 50.9 Å². The first-order valence-electron chi connectivity index (χ1n) is 12.9. The molecule has 3 aliphatic heterocycles. The number of nitrogens with one attached hydrogen (secondary N) is 1. The molecular formula is C28H35N3O5. The lowest BCUT2D eigenvalue weighted by Gasteiger charge is -2.34. The number of ether oxygens (including phenoxy) is 3. The molecule has 0 spiro atoms. The lowest BCUT2D eigenvalue weighted by molar-refractivity contribution is -0.123. The summed E-state index contributed by atoms with van der Waals surface area (Å²) >= 11 is 0. The van der Waals surface area contributed by atoms with Crippen LogP contribution in [0.3, 0.4) is 0 Å². The van der Waals surface area contributed by atoms with Crippen molar-refractivity contribution < 1.29 is 23.8 Å². The van der Waals surface area contributed by atoms with Crippen LogP contribution in [0.25, 0.3) is 0 Å². The van der Waals surface area contributed by atoms with Crippen molar-refractivity contribution in [2.75, 3.05) is 59.2 Å². The summed E-state index contributed by atoms with van der Waals surface area (Å²) in [6, 6.07) is 14.8. The Kier molecular flexibility index (Phi) is 8.15. The van der Waals surface area contributed by atoms with Gasteiger partial charge >= 0.3 is 0 Å². The number of carbonyl (C=O) groups is 2. The van der Waals surface area contributed by atoms with Crippen LogP contribution in [0.2, 0.25) is 0 Å². The third kappa shape index (κ3) is 6.24. The van der Waals surface area contributed by atoms with Gasteiger partial charge in [0.05, 0.1) is 19.8 Å². The van der Waals surface area contributed by atoms with Gasteiger partial charge in [0, 0.05) is 57.4 Å². The quantitative estimate of drug-likeness (QED) is 0.691. The maximum atomic E-state index is 13.1. The zero-order chi connectivity index (χ0) is 24.7. The number of fused-ring (bicyclic) bond motifs is 3. The Morgan fingerprint density at radius 3 is 2.58 bits per heavy atom. The topological polar surface area (TPSA) is 80.3 Å². The highest BCUT2D eigenvalue weighted by atomic mass is 16.5. The molecule has 3 aliphatic rings. The fraction of sp³-hybridized carbons (Fsp3) is 0.500. The number of rotatable bonds is 2. The van der Waals surface area contributed by atoms with E-state index in [4.69, 9.17) is 14.2 Å². The van der Waals surface area contributed by atoms with Gasteiger partial charge in [-0.1, -0.05) is 24.3 Å². The van der Waals surface area contributed by atoms with E-state index in [2.05, 4.69) is 34.5 Å². The average Bonchev–Trinajstić information content (AvgIpc) is 2.90. The predicted octanol–water partition coefficient (Wildman–Crippen LogP) is 2.24. The molecule has 0 saturated carbocycles. The third-order valence-electron chi connectivity index (χ3n) is 7.12. The van der Waals surface area contributed by atoms with Crippen LogP contribution in [0.5, 0.6) is 5.75 Å². The highest BCUT2D eigenvalue weighted by Gasteiger charge is 2.24. The van der Waals surface area contributed by atoms with Gasteiger partial charge in [-0.2, -0.15) is 0 Å². The summed E-state index contributed by atoms with van der Waals surface area (Å²) in [7, 11) is 0. The number of hydrogen-bond acceptors (Lipinski definition) is 6.